The Bertz CT molecular complexity index is 610. The second kappa shape index (κ2) is 4.57. The van der Waals surface area contributed by atoms with Crippen LogP contribution in [0.15, 0.2) is 28.7 Å². The van der Waals surface area contributed by atoms with E-state index < -0.39 is 39.0 Å². The van der Waals surface area contributed by atoms with Gasteiger partial charge in [-0.05, 0) is 17.7 Å². The highest BCUT2D eigenvalue weighted by atomic mass is 79.9. The van der Waals surface area contributed by atoms with Gasteiger partial charge in [0.1, 0.15) is 5.41 Å². The SMILES string of the molecule is CS(=O)(=O)[C@@H]1[C@@H](c2ccc(Br)cc2)[C@@]1(CO)C(=O)O. The summed E-state index contributed by atoms with van der Waals surface area (Å²) in [5.41, 5.74) is -1.02. The van der Waals surface area contributed by atoms with Gasteiger partial charge in [0.25, 0.3) is 0 Å². The fraction of sp³-hybridized carbons (Fsp3) is 0.417. The van der Waals surface area contributed by atoms with Gasteiger partial charge in [-0.3, -0.25) is 4.79 Å². The maximum absolute atomic E-state index is 11.7. The maximum Gasteiger partial charge on any atom is 0.314 e. The zero-order chi connectivity index (χ0) is 14.4. The van der Waals surface area contributed by atoms with Crippen LogP contribution in [0.2, 0.25) is 0 Å². The van der Waals surface area contributed by atoms with Crippen molar-refractivity contribution in [3.8, 4) is 0 Å². The predicted molar refractivity (Wildman–Crippen MR) is 72.7 cm³/mol. The van der Waals surface area contributed by atoms with Gasteiger partial charge in [-0.1, -0.05) is 28.1 Å². The summed E-state index contributed by atoms with van der Waals surface area (Å²) in [6, 6.07) is 6.79. The van der Waals surface area contributed by atoms with Crippen LogP contribution >= 0.6 is 15.9 Å². The van der Waals surface area contributed by atoms with Crippen LogP contribution in [0.3, 0.4) is 0 Å². The zero-order valence-electron chi connectivity index (χ0n) is 10.1. The number of carbonyl (C=O) groups is 1. The van der Waals surface area contributed by atoms with Crippen molar-refractivity contribution in [1.29, 1.82) is 0 Å². The van der Waals surface area contributed by atoms with E-state index in [1.54, 1.807) is 24.3 Å². The predicted octanol–water partition coefficient (Wildman–Crippen LogP) is 1.02. The van der Waals surface area contributed by atoms with Crippen LogP contribution < -0.4 is 0 Å². The third kappa shape index (κ3) is 2.19. The summed E-state index contributed by atoms with van der Waals surface area (Å²) in [7, 11) is -3.55. The van der Waals surface area contributed by atoms with Crippen molar-refractivity contribution < 1.29 is 23.4 Å². The van der Waals surface area contributed by atoms with E-state index in [9.17, 15) is 23.4 Å². The minimum absolute atomic E-state index is 0.607. The number of aliphatic hydroxyl groups is 1. The molecule has 2 N–H and O–H groups in total. The number of aliphatic carboxylic acids is 1. The summed E-state index contributed by atoms with van der Waals surface area (Å²) < 4.78 is 24.3. The molecule has 7 heteroatoms. The number of rotatable bonds is 4. The average Bonchev–Trinajstić information content (AvgIpc) is 3.00. The Hall–Kier alpha value is -0.920. The molecule has 0 bridgehead atoms. The van der Waals surface area contributed by atoms with Crippen LogP contribution in [0.25, 0.3) is 0 Å². The maximum atomic E-state index is 11.7. The van der Waals surface area contributed by atoms with Crippen molar-refractivity contribution >= 4 is 31.7 Å². The van der Waals surface area contributed by atoms with Gasteiger partial charge in [0.05, 0.1) is 11.9 Å². The number of hydrogen-bond acceptors (Lipinski definition) is 4. The Morgan fingerprint density at radius 2 is 1.89 bits per heavy atom. The van der Waals surface area contributed by atoms with Crippen molar-refractivity contribution in [3.63, 3.8) is 0 Å². The van der Waals surface area contributed by atoms with E-state index in [1.165, 1.54) is 0 Å². The standard InChI is InChI=1S/C12H13BrO5S/c1-19(17,18)10-9(12(10,6-14)11(15)16)7-2-4-8(13)5-3-7/h2-5,9-10,14H,6H2,1H3,(H,15,16)/t9-,10-,12-/m1/s1. The summed E-state index contributed by atoms with van der Waals surface area (Å²) in [6.07, 6.45) is 1.00. The molecular formula is C12H13BrO5S. The minimum Gasteiger partial charge on any atom is -0.481 e. The first kappa shape index (κ1) is 14.5. The molecule has 1 fully saturated rings. The van der Waals surface area contributed by atoms with E-state index in [-0.39, 0.29) is 0 Å². The molecule has 0 radical (unpaired) electrons. The molecule has 1 aromatic carbocycles. The highest BCUT2D eigenvalue weighted by Gasteiger charge is 2.74. The van der Waals surface area contributed by atoms with E-state index in [2.05, 4.69) is 15.9 Å². The fourth-order valence-electron chi connectivity index (χ4n) is 2.69. The van der Waals surface area contributed by atoms with Gasteiger partial charge in [-0.25, -0.2) is 8.42 Å². The quantitative estimate of drug-likeness (QED) is 0.847. The van der Waals surface area contributed by atoms with Crippen molar-refractivity contribution in [3.05, 3.63) is 34.3 Å². The monoisotopic (exact) mass is 348 g/mol. The summed E-state index contributed by atoms with van der Waals surface area (Å²) in [5.74, 6) is -1.99. The first-order chi connectivity index (χ1) is 8.75. The minimum atomic E-state index is -3.55. The Morgan fingerprint density at radius 3 is 2.21 bits per heavy atom. The fourth-order valence-corrected chi connectivity index (χ4v) is 4.85. The second-order valence-corrected chi connectivity index (χ2v) is 7.87. The third-order valence-corrected chi connectivity index (χ3v) is 5.75. The van der Waals surface area contributed by atoms with E-state index in [0.29, 0.717) is 5.56 Å². The molecule has 0 aliphatic heterocycles. The lowest BCUT2D eigenvalue weighted by Crippen LogP contribution is -2.27. The van der Waals surface area contributed by atoms with Crippen LogP contribution in [0, 0.1) is 5.41 Å². The topological polar surface area (TPSA) is 91.7 Å². The Morgan fingerprint density at radius 1 is 1.37 bits per heavy atom. The van der Waals surface area contributed by atoms with Gasteiger partial charge in [-0.2, -0.15) is 0 Å². The molecule has 1 saturated carbocycles. The molecule has 104 valence electrons. The van der Waals surface area contributed by atoms with Crippen LogP contribution in [0.1, 0.15) is 11.5 Å². The first-order valence-corrected chi connectivity index (χ1v) is 8.28. The molecule has 0 saturated heterocycles. The van der Waals surface area contributed by atoms with Crippen molar-refractivity contribution in [1.82, 2.24) is 0 Å². The molecule has 19 heavy (non-hydrogen) atoms. The molecule has 1 aliphatic rings. The summed E-state index contributed by atoms with van der Waals surface area (Å²) in [5, 5.41) is 17.6. The molecule has 1 aromatic rings. The van der Waals surface area contributed by atoms with Crippen molar-refractivity contribution in [2.24, 2.45) is 5.41 Å². The lowest BCUT2D eigenvalue weighted by Gasteiger charge is -2.08. The zero-order valence-corrected chi connectivity index (χ0v) is 12.5. The van der Waals surface area contributed by atoms with E-state index >= 15 is 0 Å². The number of aliphatic hydroxyl groups excluding tert-OH is 1. The molecule has 5 nitrogen and oxygen atoms in total. The van der Waals surface area contributed by atoms with Crippen LogP contribution in [0.5, 0.6) is 0 Å². The second-order valence-electron chi connectivity index (χ2n) is 4.78. The molecule has 2 rings (SSSR count). The Labute approximate surface area is 119 Å². The molecule has 0 amide bonds. The number of carboxylic acids is 1. The van der Waals surface area contributed by atoms with Gasteiger partial charge < -0.3 is 10.2 Å². The highest BCUT2D eigenvalue weighted by Crippen LogP contribution is 2.62. The average molecular weight is 349 g/mol. The van der Waals surface area contributed by atoms with Crippen LogP contribution in [0.4, 0.5) is 0 Å². The van der Waals surface area contributed by atoms with Gasteiger partial charge in [-0.15, -0.1) is 0 Å². The Kier molecular flexibility index (Phi) is 3.49. The molecule has 1 aliphatic carbocycles. The molecule has 0 spiro atoms. The van der Waals surface area contributed by atoms with E-state index in [1.807, 2.05) is 0 Å². The normalized spacial score (nSPS) is 30.1. The first-order valence-electron chi connectivity index (χ1n) is 5.53. The van der Waals surface area contributed by atoms with Crippen molar-refractivity contribution in [2.75, 3.05) is 12.9 Å². The van der Waals surface area contributed by atoms with Gasteiger partial charge in [0, 0.05) is 16.6 Å². The molecule has 0 aromatic heterocycles. The summed E-state index contributed by atoms with van der Waals surface area (Å²) >= 11 is 3.26. The van der Waals surface area contributed by atoms with Crippen molar-refractivity contribution in [2.45, 2.75) is 11.2 Å². The van der Waals surface area contributed by atoms with E-state index in [0.717, 1.165) is 10.7 Å². The third-order valence-electron chi connectivity index (χ3n) is 3.61. The molecule has 0 unspecified atom stereocenters. The van der Waals surface area contributed by atoms with Gasteiger partial charge in [0.2, 0.25) is 0 Å². The summed E-state index contributed by atoms with van der Waals surface area (Å²) in [6.45, 7) is -0.694. The Balaban J connectivity index is 2.50. The number of halogens is 1. The number of sulfone groups is 1. The van der Waals surface area contributed by atoms with Gasteiger partial charge >= 0.3 is 5.97 Å². The molecule has 0 heterocycles. The van der Waals surface area contributed by atoms with Crippen LogP contribution in [-0.2, 0) is 14.6 Å². The van der Waals surface area contributed by atoms with E-state index in [4.69, 9.17) is 0 Å². The number of hydrogen-bond donors (Lipinski definition) is 2. The lowest BCUT2D eigenvalue weighted by atomic mass is 10.0. The largest absolute Gasteiger partial charge is 0.481 e. The number of benzene rings is 1. The van der Waals surface area contributed by atoms with Crippen LogP contribution in [-0.4, -0.2) is 42.7 Å². The molecule has 3 atom stereocenters. The number of carboxylic acid groups (broad SMARTS) is 1. The van der Waals surface area contributed by atoms with Gasteiger partial charge in [0.15, 0.2) is 9.84 Å². The smallest absolute Gasteiger partial charge is 0.314 e. The lowest BCUT2D eigenvalue weighted by molar-refractivity contribution is -0.145. The molecular weight excluding hydrogens is 336 g/mol. The highest BCUT2D eigenvalue weighted by molar-refractivity contribution is 9.10. The summed E-state index contributed by atoms with van der Waals surface area (Å²) in [4.78, 5) is 11.4.